The van der Waals surface area contributed by atoms with Crippen molar-refractivity contribution in [3.63, 3.8) is 0 Å². The monoisotopic (exact) mass is 341 g/mol. The predicted octanol–water partition coefficient (Wildman–Crippen LogP) is 2.26. The Labute approximate surface area is 142 Å². The molecule has 0 radical (unpaired) electrons. The number of carbonyl (C=O) groups is 1. The molecule has 0 saturated carbocycles. The molecule has 1 aromatic carbocycles. The summed E-state index contributed by atoms with van der Waals surface area (Å²) in [6, 6.07) is 6.03. The van der Waals surface area contributed by atoms with Crippen LogP contribution in [0.2, 0.25) is 0 Å². The lowest BCUT2D eigenvalue weighted by molar-refractivity contribution is -0.142. The fourth-order valence-corrected chi connectivity index (χ4v) is 3.19. The molecule has 0 spiro atoms. The number of aromatic nitrogens is 4. The number of anilines is 1. The first-order chi connectivity index (χ1) is 12.1. The Morgan fingerprint density at radius 2 is 1.88 bits per heavy atom. The Morgan fingerprint density at radius 1 is 1.16 bits per heavy atom. The SMILES string of the molecule is O=C(O)C1CCN(c2ncnc3c2cnn3-c2ccc(F)cc2)CC1. The van der Waals surface area contributed by atoms with Crippen LogP contribution in [-0.4, -0.2) is 43.9 Å². The summed E-state index contributed by atoms with van der Waals surface area (Å²) >= 11 is 0. The highest BCUT2D eigenvalue weighted by molar-refractivity contribution is 5.87. The van der Waals surface area contributed by atoms with E-state index in [2.05, 4.69) is 20.0 Å². The van der Waals surface area contributed by atoms with E-state index in [-0.39, 0.29) is 11.7 Å². The lowest BCUT2D eigenvalue weighted by atomic mass is 9.97. The van der Waals surface area contributed by atoms with Gasteiger partial charge in [-0.1, -0.05) is 0 Å². The van der Waals surface area contributed by atoms with Gasteiger partial charge in [0.15, 0.2) is 5.65 Å². The molecule has 1 N–H and O–H groups in total. The predicted molar refractivity (Wildman–Crippen MR) is 89.2 cm³/mol. The maximum absolute atomic E-state index is 13.1. The van der Waals surface area contributed by atoms with E-state index in [1.807, 2.05) is 0 Å². The number of rotatable bonds is 3. The van der Waals surface area contributed by atoms with Gasteiger partial charge in [-0.05, 0) is 37.1 Å². The van der Waals surface area contributed by atoms with E-state index in [1.54, 1.807) is 23.0 Å². The first-order valence-electron chi connectivity index (χ1n) is 8.06. The standard InChI is InChI=1S/C17H16FN5O2/c18-12-1-3-13(4-2-12)23-16-14(9-21-23)15(19-10-20-16)22-7-5-11(6-8-22)17(24)25/h1-4,9-11H,5-8H2,(H,24,25). The Morgan fingerprint density at radius 3 is 2.56 bits per heavy atom. The molecule has 3 heterocycles. The van der Waals surface area contributed by atoms with Gasteiger partial charge in [0.05, 0.1) is 23.2 Å². The first-order valence-corrected chi connectivity index (χ1v) is 8.06. The van der Waals surface area contributed by atoms with Crippen LogP contribution in [0.1, 0.15) is 12.8 Å². The van der Waals surface area contributed by atoms with Crippen molar-refractivity contribution in [1.29, 1.82) is 0 Å². The number of halogens is 1. The van der Waals surface area contributed by atoms with Crippen LogP contribution in [-0.2, 0) is 4.79 Å². The molecule has 128 valence electrons. The van der Waals surface area contributed by atoms with Gasteiger partial charge in [0.1, 0.15) is 18.0 Å². The quantitative estimate of drug-likeness (QED) is 0.787. The average molecular weight is 341 g/mol. The highest BCUT2D eigenvalue weighted by Gasteiger charge is 2.26. The Balaban J connectivity index is 1.68. The second-order valence-electron chi connectivity index (χ2n) is 6.07. The van der Waals surface area contributed by atoms with Crippen molar-refractivity contribution in [2.75, 3.05) is 18.0 Å². The summed E-state index contributed by atoms with van der Waals surface area (Å²) in [4.78, 5) is 21.9. The molecule has 0 bridgehead atoms. The van der Waals surface area contributed by atoms with Crippen LogP contribution in [0, 0.1) is 11.7 Å². The lowest BCUT2D eigenvalue weighted by Crippen LogP contribution is -2.36. The molecule has 0 amide bonds. The topological polar surface area (TPSA) is 84.1 Å². The van der Waals surface area contributed by atoms with Crippen molar-refractivity contribution >= 4 is 22.8 Å². The van der Waals surface area contributed by atoms with E-state index in [9.17, 15) is 9.18 Å². The maximum atomic E-state index is 13.1. The van der Waals surface area contributed by atoms with Gasteiger partial charge >= 0.3 is 5.97 Å². The van der Waals surface area contributed by atoms with Crippen molar-refractivity contribution in [2.24, 2.45) is 5.92 Å². The summed E-state index contributed by atoms with van der Waals surface area (Å²) < 4.78 is 14.8. The summed E-state index contributed by atoms with van der Waals surface area (Å²) in [6.07, 6.45) is 4.35. The molecule has 2 aromatic heterocycles. The minimum Gasteiger partial charge on any atom is -0.481 e. The third-order valence-electron chi connectivity index (χ3n) is 4.56. The molecule has 1 aliphatic rings. The molecule has 0 unspecified atom stereocenters. The zero-order valence-corrected chi connectivity index (χ0v) is 13.3. The maximum Gasteiger partial charge on any atom is 0.306 e. The van der Waals surface area contributed by atoms with Crippen LogP contribution in [0.4, 0.5) is 10.2 Å². The van der Waals surface area contributed by atoms with Crippen molar-refractivity contribution in [2.45, 2.75) is 12.8 Å². The normalized spacial score (nSPS) is 15.6. The van der Waals surface area contributed by atoms with Crippen LogP contribution >= 0.6 is 0 Å². The molecule has 25 heavy (non-hydrogen) atoms. The molecule has 4 rings (SSSR count). The van der Waals surface area contributed by atoms with Crippen molar-refractivity contribution in [1.82, 2.24) is 19.7 Å². The summed E-state index contributed by atoms with van der Waals surface area (Å²) in [5.74, 6) is -0.592. The van der Waals surface area contributed by atoms with Gasteiger partial charge in [0.2, 0.25) is 0 Å². The Bertz CT molecular complexity index is 916. The van der Waals surface area contributed by atoms with Gasteiger partial charge in [0, 0.05) is 13.1 Å². The third-order valence-corrected chi connectivity index (χ3v) is 4.56. The summed E-state index contributed by atoms with van der Waals surface area (Å²) in [6.45, 7) is 1.26. The zero-order valence-electron chi connectivity index (χ0n) is 13.3. The van der Waals surface area contributed by atoms with Crippen molar-refractivity contribution < 1.29 is 14.3 Å². The second-order valence-corrected chi connectivity index (χ2v) is 6.07. The average Bonchev–Trinajstić information content (AvgIpc) is 3.06. The number of nitrogens with zero attached hydrogens (tertiary/aromatic N) is 5. The second kappa shape index (κ2) is 6.12. The van der Waals surface area contributed by atoms with E-state index in [0.29, 0.717) is 37.3 Å². The fraction of sp³-hybridized carbons (Fsp3) is 0.294. The van der Waals surface area contributed by atoms with Crippen LogP contribution in [0.5, 0.6) is 0 Å². The Hall–Kier alpha value is -3.03. The molecule has 0 aliphatic carbocycles. The molecular formula is C17H16FN5O2. The van der Waals surface area contributed by atoms with E-state index in [1.165, 1.54) is 18.5 Å². The molecule has 1 fully saturated rings. The van der Waals surface area contributed by atoms with Crippen LogP contribution < -0.4 is 4.90 Å². The first kappa shape index (κ1) is 15.5. The van der Waals surface area contributed by atoms with Gasteiger partial charge in [-0.15, -0.1) is 0 Å². The number of piperidine rings is 1. The van der Waals surface area contributed by atoms with E-state index in [4.69, 9.17) is 5.11 Å². The largest absolute Gasteiger partial charge is 0.481 e. The number of carboxylic acid groups (broad SMARTS) is 1. The molecule has 1 saturated heterocycles. The number of hydrogen-bond donors (Lipinski definition) is 1. The summed E-state index contributed by atoms with van der Waals surface area (Å²) in [5, 5.41) is 14.3. The summed E-state index contributed by atoms with van der Waals surface area (Å²) in [5.41, 5.74) is 1.35. The number of aliphatic carboxylic acids is 1. The highest BCUT2D eigenvalue weighted by atomic mass is 19.1. The molecule has 3 aromatic rings. The number of carboxylic acids is 1. The van der Waals surface area contributed by atoms with Crippen LogP contribution in [0.15, 0.2) is 36.8 Å². The molecule has 1 aliphatic heterocycles. The molecular weight excluding hydrogens is 325 g/mol. The molecule has 0 atom stereocenters. The summed E-state index contributed by atoms with van der Waals surface area (Å²) in [7, 11) is 0. The minimum atomic E-state index is -0.739. The molecule has 8 heteroatoms. The zero-order chi connectivity index (χ0) is 17.4. The van der Waals surface area contributed by atoms with Gasteiger partial charge in [-0.2, -0.15) is 5.10 Å². The number of benzene rings is 1. The minimum absolute atomic E-state index is 0.296. The van der Waals surface area contributed by atoms with Crippen LogP contribution in [0.3, 0.4) is 0 Å². The lowest BCUT2D eigenvalue weighted by Gasteiger charge is -2.31. The fourth-order valence-electron chi connectivity index (χ4n) is 3.19. The Kier molecular flexibility index (Phi) is 3.79. The van der Waals surface area contributed by atoms with Crippen molar-refractivity contribution in [3.8, 4) is 5.69 Å². The van der Waals surface area contributed by atoms with Gasteiger partial charge in [0.25, 0.3) is 0 Å². The highest BCUT2D eigenvalue weighted by Crippen LogP contribution is 2.28. The van der Waals surface area contributed by atoms with Crippen molar-refractivity contribution in [3.05, 3.63) is 42.6 Å². The van der Waals surface area contributed by atoms with Crippen LogP contribution in [0.25, 0.3) is 16.7 Å². The smallest absolute Gasteiger partial charge is 0.306 e. The molecule has 7 nitrogen and oxygen atoms in total. The van der Waals surface area contributed by atoms with Gasteiger partial charge < -0.3 is 10.0 Å². The van der Waals surface area contributed by atoms with E-state index < -0.39 is 5.97 Å². The number of fused-ring (bicyclic) bond motifs is 1. The third kappa shape index (κ3) is 2.79. The van der Waals surface area contributed by atoms with Gasteiger partial charge in [-0.3, -0.25) is 4.79 Å². The van der Waals surface area contributed by atoms with Gasteiger partial charge in [-0.25, -0.2) is 19.0 Å². The number of hydrogen-bond acceptors (Lipinski definition) is 5. The van der Waals surface area contributed by atoms with E-state index in [0.717, 1.165) is 11.2 Å². The van der Waals surface area contributed by atoms with E-state index >= 15 is 0 Å².